The summed E-state index contributed by atoms with van der Waals surface area (Å²) in [5, 5.41) is 21.7. The number of hydrogen-bond acceptors (Lipinski definition) is 12. The highest BCUT2D eigenvalue weighted by molar-refractivity contribution is 6.42. The average molecular weight is 774 g/mol. The van der Waals surface area contributed by atoms with Crippen LogP contribution < -0.4 is 0 Å². The van der Waals surface area contributed by atoms with E-state index in [1.54, 1.807) is 36.4 Å². The normalized spacial score (nSPS) is 18.4. The summed E-state index contributed by atoms with van der Waals surface area (Å²) in [6.07, 6.45) is -1.19. The summed E-state index contributed by atoms with van der Waals surface area (Å²) in [6, 6.07) is 9.45. The molecule has 0 saturated carbocycles. The van der Waals surface area contributed by atoms with E-state index in [2.05, 4.69) is 9.80 Å². The monoisotopic (exact) mass is 772 g/mol. The van der Waals surface area contributed by atoms with Gasteiger partial charge in [0, 0.05) is 63.3 Å². The average Bonchev–Trinajstić information content (AvgIpc) is 3.12. The molecule has 16 heteroatoms. The molecule has 4 rings (SSSR count). The van der Waals surface area contributed by atoms with Crippen molar-refractivity contribution in [1.29, 1.82) is 0 Å². The van der Waals surface area contributed by atoms with Crippen molar-refractivity contribution < 1.29 is 48.3 Å². The highest BCUT2D eigenvalue weighted by Gasteiger charge is 2.33. The Balaban J connectivity index is 1.27. The Bertz CT molecular complexity index is 1460. The van der Waals surface area contributed by atoms with Crippen LogP contribution in [0.25, 0.3) is 0 Å². The van der Waals surface area contributed by atoms with Crippen molar-refractivity contribution in [3.63, 3.8) is 0 Å². The van der Waals surface area contributed by atoms with Gasteiger partial charge in [0.15, 0.2) is 23.8 Å². The zero-order chi connectivity index (χ0) is 36.2. The Morgan fingerprint density at radius 3 is 1.34 bits per heavy atom. The van der Waals surface area contributed by atoms with Crippen molar-refractivity contribution >= 4 is 69.9 Å². The fourth-order valence-electron chi connectivity index (χ4n) is 5.40. The van der Waals surface area contributed by atoms with Crippen LogP contribution >= 0.6 is 46.4 Å². The lowest BCUT2D eigenvalue weighted by atomic mass is 9.99. The molecule has 2 aliphatic rings. The van der Waals surface area contributed by atoms with Crippen LogP contribution in [0.1, 0.15) is 36.1 Å². The number of carbonyl (C=O) groups excluding carboxylic acids is 4. The fourth-order valence-corrected chi connectivity index (χ4v) is 6.01. The summed E-state index contributed by atoms with van der Waals surface area (Å²) in [7, 11) is 0. The Morgan fingerprint density at radius 1 is 0.640 bits per heavy atom. The number of allylic oxidation sites excluding steroid dienone is 2. The smallest absolute Gasteiger partial charge is 0.343 e. The van der Waals surface area contributed by atoms with Gasteiger partial charge in [-0.25, -0.2) is 9.59 Å². The third-order valence-electron chi connectivity index (χ3n) is 8.08. The number of nitrogens with zero attached hydrogens (tertiary/aromatic N) is 2. The van der Waals surface area contributed by atoms with Crippen LogP contribution in [-0.4, -0.2) is 108 Å². The molecule has 270 valence electrons. The highest BCUT2D eigenvalue weighted by atomic mass is 35.5. The van der Waals surface area contributed by atoms with E-state index in [1.165, 1.54) is 0 Å². The highest BCUT2D eigenvalue weighted by Crippen LogP contribution is 2.32. The van der Waals surface area contributed by atoms with E-state index in [-0.39, 0.29) is 24.9 Å². The van der Waals surface area contributed by atoms with Gasteiger partial charge in [-0.2, -0.15) is 0 Å². The molecule has 12 nitrogen and oxygen atoms in total. The van der Waals surface area contributed by atoms with Crippen molar-refractivity contribution in [3.05, 3.63) is 92.3 Å². The van der Waals surface area contributed by atoms with E-state index in [1.807, 2.05) is 0 Å². The number of ether oxygens (including phenoxy) is 4. The summed E-state index contributed by atoms with van der Waals surface area (Å²) < 4.78 is 20.4. The lowest BCUT2D eigenvalue weighted by Crippen LogP contribution is -2.40. The summed E-state index contributed by atoms with van der Waals surface area (Å²) in [5.41, 5.74) is 1.52. The van der Waals surface area contributed by atoms with Gasteiger partial charge in [-0.15, -0.1) is 0 Å². The maximum atomic E-state index is 12.8. The minimum absolute atomic E-state index is 0.00475. The van der Waals surface area contributed by atoms with Gasteiger partial charge < -0.3 is 29.2 Å². The first-order chi connectivity index (χ1) is 23.9. The number of aliphatic hydroxyl groups is 2. The predicted molar refractivity (Wildman–Crippen MR) is 185 cm³/mol. The molecule has 2 heterocycles. The van der Waals surface area contributed by atoms with Gasteiger partial charge in [0.2, 0.25) is 0 Å². The van der Waals surface area contributed by atoms with Crippen LogP contribution in [0.5, 0.6) is 0 Å². The van der Waals surface area contributed by atoms with Crippen LogP contribution in [0.4, 0.5) is 0 Å². The van der Waals surface area contributed by atoms with E-state index < -0.39 is 35.7 Å². The lowest BCUT2D eigenvalue weighted by molar-refractivity contribution is -0.166. The van der Waals surface area contributed by atoms with Gasteiger partial charge in [-0.1, -0.05) is 58.5 Å². The third-order valence-corrected chi connectivity index (χ3v) is 9.56. The van der Waals surface area contributed by atoms with Gasteiger partial charge in [-0.3, -0.25) is 19.4 Å². The molecule has 50 heavy (non-hydrogen) atoms. The number of hydrogen-bond donors (Lipinski definition) is 2. The molecule has 0 bridgehead atoms. The van der Waals surface area contributed by atoms with Crippen molar-refractivity contribution in [1.82, 2.24) is 9.80 Å². The summed E-state index contributed by atoms with van der Waals surface area (Å²) in [4.78, 5) is 54.4. The van der Waals surface area contributed by atoms with Gasteiger partial charge in [0.05, 0.1) is 59.0 Å². The molecule has 0 aliphatic carbocycles. The molecule has 0 amide bonds. The molecule has 2 fully saturated rings. The van der Waals surface area contributed by atoms with Crippen molar-refractivity contribution in [2.45, 2.75) is 37.1 Å². The Labute approximate surface area is 309 Å². The predicted octanol–water partition coefficient (Wildman–Crippen LogP) is 4.50. The Hall–Kier alpha value is -2.88. The molecule has 2 saturated heterocycles. The van der Waals surface area contributed by atoms with E-state index in [9.17, 15) is 29.4 Å². The number of halogens is 4. The van der Waals surface area contributed by atoms with Crippen LogP contribution in [-0.2, 0) is 38.1 Å². The van der Waals surface area contributed by atoms with Crippen LogP contribution in [0.15, 0.2) is 61.1 Å². The summed E-state index contributed by atoms with van der Waals surface area (Å²) >= 11 is 24.5. The minimum atomic E-state index is -2.34. The lowest BCUT2D eigenvalue weighted by Gasteiger charge is -2.34. The molecule has 2 N–H and O–H groups in total. The second-order valence-corrected chi connectivity index (χ2v) is 13.0. The first kappa shape index (κ1) is 39.9. The largest absolute Gasteiger partial charge is 0.432 e. The molecular formula is C34H36Cl4N2O10. The van der Waals surface area contributed by atoms with Crippen molar-refractivity contribution in [2.24, 2.45) is 0 Å². The number of rotatable bonds is 15. The topological polar surface area (TPSA) is 152 Å². The zero-order valence-corrected chi connectivity index (χ0v) is 29.7. The SMILES string of the molecule is O=C(C=COC(=O)C(O)C(O)C(=O)OC=CC(=O)CC(c1ccc(Cl)c(Cl)c1)N1CCOCC1)CC(c1ccc(Cl)c(Cl)c1)N1CCOCC1. The van der Waals surface area contributed by atoms with Crippen molar-refractivity contribution in [3.8, 4) is 0 Å². The number of morpholine rings is 2. The maximum absolute atomic E-state index is 12.8. The quantitative estimate of drug-likeness (QED) is 0.149. The van der Waals surface area contributed by atoms with Gasteiger partial charge in [0.25, 0.3) is 0 Å². The number of ketones is 2. The Morgan fingerprint density at radius 2 is 1.00 bits per heavy atom. The van der Waals surface area contributed by atoms with Crippen LogP contribution in [0.2, 0.25) is 20.1 Å². The van der Waals surface area contributed by atoms with Gasteiger partial charge >= 0.3 is 11.9 Å². The van der Waals surface area contributed by atoms with E-state index >= 15 is 0 Å². The minimum Gasteiger partial charge on any atom is -0.432 e. The molecule has 0 aromatic heterocycles. The zero-order valence-electron chi connectivity index (χ0n) is 26.7. The molecule has 0 spiro atoms. The van der Waals surface area contributed by atoms with Gasteiger partial charge in [0.1, 0.15) is 0 Å². The van der Waals surface area contributed by atoms with E-state index in [4.69, 9.17) is 65.4 Å². The van der Waals surface area contributed by atoms with Gasteiger partial charge in [-0.05, 0) is 35.4 Å². The maximum Gasteiger partial charge on any atom is 0.343 e. The number of esters is 2. The molecule has 2 aromatic rings. The molecule has 4 atom stereocenters. The number of benzene rings is 2. The second-order valence-electron chi connectivity index (χ2n) is 11.4. The second kappa shape index (κ2) is 19.7. The summed E-state index contributed by atoms with van der Waals surface area (Å²) in [5.74, 6) is -3.66. The van der Waals surface area contributed by atoms with Crippen LogP contribution in [0, 0.1) is 0 Å². The number of aliphatic hydroxyl groups excluding tert-OH is 2. The van der Waals surface area contributed by atoms with Crippen LogP contribution in [0.3, 0.4) is 0 Å². The first-order valence-electron chi connectivity index (χ1n) is 15.6. The fraction of sp³-hybridized carbons (Fsp3) is 0.412. The molecule has 4 unspecified atom stereocenters. The first-order valence-corrected chi connectivity index (χ1v) is 17.1. The molecule has 0 radical (unpaired) electrons. The Kier molecular flexibility index (Phi) is 15.7. The van der Waals surface area contributed by atoms with Crippen molar-refractivity contribution in [2.75, 3.05) is 52.6 Å². The third kappa shape index (κ3) is 11.6. The molecular weight excluding hydrogens is 738 g/mol. The summed E-state index contributed by atoms with van der Waals surface area (Å²) in [6.45, 7) is 4.27. The van der Waals surface area contributed by atoms with E-state index in [0.29, 0.717) is 72.7 Å². The van der Waals surface area contributed by atoms with E-state index in [0.717, 1.165) is 35.8 Å². The molecule has 2 aromatic carbocycles. The molecule has 2 aliphatic heterocycles. The standard InChI is InChI=1S/C34H36Cl4N2O10/c35-25-3-1-21(17-27(25)37)29(39-7-13-47-14-8-39)19-23(41)5-11-49-33(45)31(43)32(44)34(46)50-12-6-24(42)20-30(40-9-15-48-16-10-40)22-2-4-26(36)28(38)18-22/h1-6,11-12,17-18,29-32,43-44H,7-10,13-16,19-20H2. The number of carbonyl (C=O) groups is 4.